The largest absolute Gasteiger partial charge is 0.388 e. The smallest absolute Gasteiger partial charge is 0.383 e. The molecule has 1 rings (SSSR count). The monoisotopic (exact) mass is 231 g/mol. The van der Waals surface area contributed by atoms with Crippen molar-refractivity contribution >= 4 is 5.91 Å². The zero-order valence-corrected chi connectivity index (χ0v) is 7.41. The molecule has 2 atom stereocenters. The summed E-state index contributed by atoms with van der Waals surface area (Å²) in [4.78, 5) is 11.2. The third-order valence-electron chi connectivity index (χ3n) is 2.11. The predicted molar refractivity (Wildman–Crippen MR) is 39.5 cm³/mol. The van der Waals surface area contributed by atoms with E-state index in [4.69, 9.17) is 10.2 Å². The van der Waals surface area contributed by atoms with Gasteiger partial charge in [-0.05, 0) is 0 Å². The SMILES string of the molecule is O=C(N1CC(O)C(O)C1)C(F)(F)C(F)F. The summed E-state index contributed by atoms with van der Waals surface area (Å²) in [5, 5.41) is 17.9. The molecule has 1 fully saturated rings. The van der Waals surface area contributed by atoms with Gasteiger partial charge in [0.15, 0.2) is 0 Å². The number of carbonyl (C=O) groups excluding carboxylic acids is 1. The average Bonchev–Trinajstić information content (AvgIpc) is 2.45. The van der Waals surface area contributed by atoms with Crippen LogP contribution in [0.4, 0.5) is 17.6 Å². The molecule has 0 aliphatic carbocycles. The van der Waals surface area contributed by atoms with Gasteiger partial charge in [-0.25, -0.2) is 8.78 Å². The molecule has 15 heavy (non-hydrogen) atoms. The number of likely N-dealkylation sites (tertiary alicyclic amines) is 1. The number of carbonyl (C=O) groups is 1. The Morgan fingerprint density at radius 1 is 1.27 bits per heavy atom. The maximum absolute atomic E-state index is 12.5. The molecule has 0 bridgehead atoms. The highest BCUT2D eigenvalue weighted by Gasteiger charge is 2.53. The zero-order chi connectivity index (χ0) is 11.8. The number of β-amino-alcohol motifs (C(OH)–C–C–N with tert-alkyl or cyclic N) is 2. The van der Waals surface area contributed by atoms with Crippen LogP contribution in [0, 0.1) is 0 Å². The van der Waals surface area contributed by atoms with E-state index in [2.05, 4.69) is 0 Å². The molecular weight excluding hydrogens is 222 g/mol. The first-order valence-electron chi connectivity index (χ1n) is 4.08. The number of aliphatic hydroxyl groups is 2. The van der Waals surface area contributed by atoms with Gasteiger partial charge < -0.3 is 15.1 Å². The topological polar surface area (TPSA) is 60.8 Å². The van der Waals surface area contributed by atoms with E-state index in [0.717, 1.165) is 0 Å². The van der Waals surface area contributed by atoms with Gasteiger partial charge in [-0.15, -0.1) is 0 Å². The highest BCUT2D eigenvalue weighted by molar-refractivity contribution is 5.84. The Kier molecular flexibility index (Phi) is 3.19. The summed E-state index contributed by atoms with van der Waals surface area (Å²) in [6.07, 6.45) is -6.84. The molecule has 0 spiro atoms. The summed E-state index contributed by atoms with van der Waals surface area (Å²) >= 11 is 0. The first kappa shape index (κ1) is 12.2. The Morgan fingerprint density at radius 2 is 1.67 bits per heavy atom. The Labute approximate surface area is 82.1 Å². The van der Waals surface area contributed by atoms with Crippen LogP contribution in [-0.4, -0.2) is 58.7 Å². The van der Waals surface area contributed by atoms with Crippen LogP contribution in [0.2, 0.25) is 0 Å². The maximum Gasteiger partial charge on any atom is 0.383 e. The van der Waals surface area contributed by atoms with Crippen molar-refractivity contribution in [3.8, 4) is 0 Å². The number of nitrogens with zero attached hydrogens (tertiary/aromatic N) is 1. The molecule has 8 heteroatoms. The molecule has 88 valence electrons. The molecular formula is C7H9F4NO3. The Hall–Kier alpha value is -0.890. The second kappa shape index (κ2) is 3.93. The molecule has 0 aromatic rings. The minimum atomic E-state index is -4.77. The maximum atomic E-state index is 12.5. The number of hydrogen-bond acceptors (Lipinski definition) is 3. The van der Waals surface area contributed by atoms with E-state index in [1.165, 1.54) is 0 Å². The van der Waals surface area contributed by atoms with Crippen LogP contribution in [0.3, 0.4) is 0 Å². The molecule has 1 heterocycles. The molecule has 4 nitrogen and oxygen atoms in total. The van der Waals surface area contributed by atoms with Crippen molar-refractivity contribution in [1.82, 2.24) is 4.90 Å². The van der Waals surface area contributed by atoms with Crippen molar-refractivity contribution in [3.63, 3.8) is 0 Å². The number of amides is 1. The average molecular weight is 231 g/mol. The summed E-state index contributed by atoms with van der Waals surface area (Å²) in [6.45, 7) is -1.13. The van der Waals surface area contributed by atoms with Crippen molar-refractivity contribution in [1.29, 1.82) is 0 Å². The van der Waals surface area contributed by atoms with Gasteiger partial charge in [0.05, 0.1) is 12.2 Å². The highest BCUT2D eigenvalue weighted by atomic mass is 19.3. The number of aliphatic hydroxyl groups excluding tert-OH is 2. The fourth-order valence-electron chi connectivity index (χ4n) is 1.24. The molecule has 1 amide bonds. The third-order valence-corrected chi connectivity index (χ3v) is 2.11. The second-order valence-corrected chi connectivity index (χ2v) is 3.27. The van der Waals surface area contributed by atoms with Gasteiger partial charge in [-0.2, -0.15) is 8.78 Å². The van der Waals surface area contributed by atoms with E-state index in [9.17, 15) is 22.4 Å². The lowest BCUT2D eigenvalue weighted by molar-refractivity contribution is -0.180. The van der Waals surface area contributed by atoms with Crippen molar-refractivity contribution in [2.75, 3.05) is 13.1 Å². The van der Waals surface area contributed by atoms with E-state index < -0.39 is 43.6 Å². The van der Waals surface area contributed by atoms with Crippen molar-refractivity contribution in [3.05, 3.63) is 0 Å². The minimum absolute atomic E-state index is 0.321. The van der Waals surface area contributed by atoms with E-state index in [1.54, 1.807) is 0 Å². The summed E-state index contributed by atoms with van der Waals surface area (Å²) in [6, 6.07) is 0. The summed E-state index contributed by atoms with van der Waals surface area (Å²) in [5.74, 6) is -6.85. The Bertz CT molecular complexity index is 251. The fourth-order valence-corrected chi connectivity index (χ4v) is 1.24. The summed E-state index contributed by atoms with van der Waals surface area (Å²) < 4.78 is 48.7. The molecule has 0 radical (unpaired) electrons. The van der Waals surface area contributed by atoms with Gasteiger partial charge in [0.1, 0.15) is 0 Å². The number of hydrogen-bond donors (Lipinski definition) is 2. The van der Waals surface area contributed by atoms with Crippen molar-refractivity contribution < 1.29 is 32.6 Å². The molecule has 1 aliphatic rings. The van der Waals surface area contributed by atoms with E-state index >= 15 is 0 Å². The van der Waals surface area contributed by atoms with Crippen molar-refractivity contribution in [2.45, 2.75) is 24.6 Å². The van der Waals surface area contributed by atoms with Crippen LogP contribution in [-0.2, 0) is 4.79 Å². The molecule has 1 aliphatic heterocycles. The molecule has 0 saturated carbocycles. The van der Waals surface area contributed by atoms with Gasteiger partial charge in [0.25, 0.3) is 5.91 Å². The summed E-state index contributed by atoms with van der Waals surface area (Å²) in [7, 11) is 0. The lowest BCUT2D eigenvalue weighted by Gasteiger charge is -2.21. The molecule has 2 N–H and O–H groups in total. The van der Waals surface area contributed by atoms with Crippen LogP contribution in [0.5, 0.6) is 0 Å². The predicted octanol–water partition coefficient (Wildman–Crippen LogP) is -0.549. The van der Waals surface area contributed by atoms with E-state index in [-0.39, 0.29) is 0 Å². The van der Waals surface area contributed by atoms with Gasteiger partial charge in [0, 0.05) is 13.1 Å². The van der Waals surface area contributed by atoms with Crippen LogP contribution < -0.4 is 0 Å². The van der Waals surface area contributed by atoms with Gasteiger partial charge in [0.2, 0.25) is 0 Å². The van der Waals surface area contributed by atoms with Crippen LogP contribution >= 0.6 is 0 Å². The van der Waals surface area contributed by atoms with Gasteiger partial charge in [-0.1, -0.05) is 0 Å². The summed E-state index contributed by atoms with van der Waals surface area (Å²) in [5.41, 5.74) is 0. The third kappa shape index (κ3) is 2.20. The lowest BCUT2D eigenvalue weighted by atomic mass is 10.3. The Morgan fingerprint density at radius 3 is 2.00 bits per heavy atom. The number of alkyl halides is 4. The van der Waals surface area contributed by atoms with E-state index in [0.29, 0.717) is 4.90 Å². The second-order valence-electron chi connectivity index (χ2n) is 3.27. The number of rotatable bonds is 2. The van der Waals surface area contributed by atoms with Gasteiger partial charge >= 0.3 is 12.3 Å². The van der Waals surface area contributed by atoms with E-state index in [1.807, 2.05) is 0 Å². The number of halogens is 4. The normalized spacial score (nSPS) is 27.5. The lowest BCUT2D eigenvalue weighted by Crippen LogP contribution is -2.47. The highest BCUT2D eigenvalue weighted by Crippen LogP contribution is 2.27. The van der Waals surface area contributed by atoms with Crippen LogP contribution in [0.1, 0.15) is 0 Å². The fraction of sp³-hybridized carbons (Fsp3) is 0.857. The molecule has 1 saturated heterocycles. The minimum Gasteiger partial charge on any atom is -0.388 e. The molecule has 0 aromatic carbocycles. The Balaban J connectivity index is 2.70. The zero-order valence-electron chi connectivity index (χ0n) is 7.41. The van der Waals surface area contributed by atoms with Crippen LogP contribution in [0.25, 0.3) is 0 Å². The van der Waals surface area contributed by atoms with Gasteiger partial charge in [-0.3, -0.25) is 4.79 Å². The quantitative estimate of drug-likeness (QED) is 0.627. The van der Waals surface area contributed by atoms with Crippen molar-refractivity contribution in [2.24, 2.45) is 0 Å². The molecule has 0 aromatic heterocycles. The molecule has 2 unspecified atom stereocenters. The first-order valence-corrected chi connectivity index (χ1v) is 4.08. The van der Waals surface area contributed by atoms with Crippen LogP contribution in [0.15, 0.2) is 0 Å². The first-order chi connectivity index (χ1) is 6.76. The standard InChI is InChI=1S/C7H9F4NO3/c8-5(9)7(10,11)6(15)12-1-3(13)4(14)2-12/h3-5,13-14H,1-2H2.